The van der Waals surface area contributed by atoms with Gasteiger partial charge in [-0.25, -0.2) is 4.98 Å². The summed E-state index contributed by atoms with van der Waals surface area (Å²) >= 11 is 0. The Morgan fingerprint density at radius 1 is 1.07 bits per heavy atom. The Morgan fingerprint density at radius 3 is 2.52 bits per heavy atom. The quantitative estimate of drug-likeness (QED) is 0.715. The van der Waals surface area contributed by atoms with E-state index in [-0.39, 0.29) is 5.82 Å². The second-order valence-electron chi connectivity index (χ2n) is 7.20. The number of anilines is 1. The van der Waals surface area contributed by atoms with Gasteiger partial charge in [0, 0.05) is 11.3 Å². The zero-order valence-electron chi connectivity index (χ0n) is 16.6. The second-order valence-corrected chi connectivity index (χ2v) is 7.20. The Balaban J connectivity index is 1.88. The predicted molar refractivity (Wildman–Crippen MR) is 113 cm³/mol. The Kier molecular flexibility index (Phi) is 5.09. The first-order valence-electron chi connectivity index (χ1n) is 9.65. The smallest absolute Gasteiger partial charge is 0.161 e. The maximum atomic E-state index is 9.85. The number of nitrogen functional groups attached to an aromatic ring is 1. The van der Waals surface area contributed by atoms with E-state index in [1.165, 1.54) is 5.56 Å². The maximum Gasteiger partial charge on any atom is 0.161 e. The number of methoxy groups -OCH3 is 2. The third-order valence-electron chi connectivity index (χ3n) is 5.65. The zero-order valence-corrected chi connectivity index (χ0v) is 16.6. The van der Waals surface area contributed by atoms with Crippen molar-refractivity contribution in [3.8, 4) is 28.7 Å². The Morgan fingerprint density at radius 2 is 1.83 bits per heavy atom. The topological polar surface area (TPSA) is 81.2 Å². The van der Waals surface area contributed by atoms with Gasteiger partial charge in [0.05, 0.1) is 14.2 Å². The van der Waals surface area contributed by atoms with Crippen LogP contribution < -0.4 is 15.2 Å². The number of nitriles is 1. The molecule has 0 saturated heterocycles. The Bertz CT molecular complexity index is 1090. The van der Waals surface area contributed by atoms with Crippen molar-refractivity contribution in [2.45, 2.75) is 25.2 Å². The fraction of sp³-hybridized carbons (Fsp3) is 0.250. The van der Waals surface area contributed by atoms with E-state index in [0.717, 1.165) is 41.6 Å². The molecule has 1 atom stereocenters. The molecule has 1 unspecified atom stereocenters. The maximum absolute atomic E-state index is 9.85. The number of hydrogen-bond donors (Lipinski definition) is 1. The predicted octanol–water partition coefficient (Wildman–Crippen LogP) is 4.49. The highest BCUT2D eigenvalue weighted by atomic mass is 16.5. The number of fused-ring (bicyclic) bond motifs is 1. The third-order valence-corrected chi connectivity index (χ3v) is 5.65. The molecule has 0 spiro atoms. The van der Waals surface area contributed by atoms with E-state index in [2.05, 4.69) is 35.3 Å². The lowest BCUT2D eigenvalue weighted by Crippen LogP contribution is -2.17. The molecule has 2 N–H and O–H groups in total. The summed E-state index contributed by atoms with van der Waals surface area (Å²) in [5, 5.41) is 9.85. The van der Waals surface area contributed by atoms with Crippen LogP contribution in [-0.2, 0) is 12.8 Å². The van der Waals surface area contributed by atoms with E-state index in [0.29, 0.717) is 23.0 Å². The first-order chi connectivity index (χ1) is 14.2. The molecule has 146 valence electrons. The van der Waals surface area contributed by atoms with Crippen LogP contribution in [0.2, 0.25) is 0 Å². The van der Waals surface area contributed by atoms with Gasteiger partial charge in [0.25, 0.3) is 0 Å². The fourth-order valence-electron chi connectivity index (χ4n) is 4.21. The van der Waals surface area contributed by atoms with Crippen LogP contribution in [0.4, 0.5) is 5.82 Å². The average molecular weight is 385 g/mol. The number of ether oxygens (including phenoxy) is 2. The van der Waals surface area contributed by atoms with Crippen molar-refractivity contribution < 1.29 is 9.47 Å². The summed E-state index contributed by atoms with van der Waals surface area (Å²) in [6.07, 6.45) is 2.68. The zero-order chi connectivity index (χ0) is 20.4. The molecule has 1 aliphatic carbocycles. The van der Waals surface area contributed by atoms with Gasteiger partial charge in [0.15, 0.2) is 11.5 Å². The van der Waals surface area contributed by atoms with Crippen molar-refractivity contribution in [3.05, 3.63) is 70.9 Å². The number of aryl methyl sites for hydroxylation is 1. The van der Waals surface area contributed by atoms with Crippen molar-refractivity contribution in [1.82, 2.24) is 4.98 Å². The summed E-state index contributed by atoms with van der Waals surface area (Å²) in [7, 11) is 3.21. The molecule has 0 bridgehead atoms. The van der Waals surface area contributed by atoms with Gasteiger partial charge < -0.3 is 15.2 Å². The summed E-state index contributed by atoms with van der Waals surface area (Å²) < 4.78 is 10.8. The number of aromatic nitrogens is 1. The molecule has 1 aliphatic rings. The van der Waals surface area contributed by atoms with E-state index < -0.39 is 0 Å². The van der Waals surface area contributed by atoms with Crippen molar-refractivity contribution in [3.63, 3.8) is 0 Å². The Labute approximate surface area is 170 Å². The lowest BCUT2D eigenvalue weighted by atomic mass is 9.78. The van der Waals surface area contributed by atoms with Gasteiger partial charge in [-0.3, -0.25) is 0 Å². The van der Waals surface area contributed by atoms with Gasteiger partial charge in [-0.1, -0.05) is 36.4 Å². The van der Waals surface area contributed by atoms with Gasteiger partial charge in [0.2, 0.25) is 0 Å². The monoisotopic (exact) mass is 385 g/mol. The number of hydrogen-bond acceptors (Lipinski definition) is 5. The molecular formula is C24H23N3O2. The molecule has 2 aromatic carbocycles. The lowest BCUT2D eigenvalue weighted by molar-refractivity contribution is 0.355. The number of rotatable bonds is 4. The van der Waals surface area contributed by atoms with E-state index in [1.54, 1.807) is 14.2 Å². The SMILES string of the molecule is COc1ccc(-c2c(C#N)c(N)nc3c2CC(c2ccccc2)CC3)cc1OC. The standard InChI is InChI=1S/C24H23N3O2/c1-28-21-11-9-17(13-22(21)29-2)23-18-12-16(15-6-4-3-5-7-15)8-10-20(18)27-24(26)19(23)14-25/h3-7,9,11,13,16H,8,10,12H2,1-2H3,(H2,26,27). The molecule has 0 radical (unpaired) electrons. The van der Waals surface area contributed by atoms with Crippen molar-refractivity contribution in [1.29, 1.82) is 5.26 Å². The molecule has 1 aromatic heterocycles. The highest BCUT2D eigenvalue weighted by Gasteiger charge is 2.27. The van der Waals surface area contributed by atoms with Crippen LogP contribution in [-0.4, -0.2) is 19.2 Å². The molecule has 4 rings (SSSR count). The number of benzene rings is 2. The van der Waals surface area contributed by atoms with E-state index in [9.17, 15) is 5.26 Å². The van der Waals surface area contributed by atoms with Gasteiger partial charge >= 0.3 is 0 Å². The molecule has 5 nitrogen and oxygen atoms in total. The van der Waals surface area contributed by atoms with E-state index in [1.807, 2.05) is 24.3 Å². The highest BCUT2D eigenvalue weighted by Crippen LogP contribution is 2.42. The van der Waals surface area contributed by atoms with Gasteiger partial charge in [0.1, 0.15) is 17.5 Å². The molecule has 3 aromatic rings. The summed E-state index contributed by atoms with van der Waals surface area (Å²) in [5.41, 5.74) is 11.7. The van der Waals surface area contributed by atoms with Crippen LogP contribution in [0, 0.1) is 11.3 Å². The minimum Gasteiger partial charge on any atom is -0.493 e. The minimum absolute atomic E-state index is 0.286. The molecule has 0 fully saturated rings. The summed E-state index contributed by atoms with van der Waals surface area (Å²) in [6, 6.07) is 18.5. The largest absolute Gasteiger partial charge is 0.493 e. The number of pyridine rings is 1. The van der Waals surface area contributed by atoms with Crippen LogP contribution in [0.1, 0.15) is 34.7 Å². The van der Waals surface area contributed by atoms with Crippen LogP contribution in [0.3, 0.4) is 0 Å². The second kappa shape index (κ2) is 7.84. The molecule has 0 saturated carbocycles. The number of nitrogens with two attached hydrogens (primary N) is 1. The van der Waals surface area contributed by atoms with Gasteiger partial charge in [-0.2, -0.15) is 5.26 Å². The van der Waals surface area contributed by atoms with Crippen LogP contribution in [0.25, 0.3) is 11.1 Å². The summed E-state index contributed by atoms with van der Waals surface area (Å²) in [5.74, 6) is 1.94. The van der Waals surface area contributed by atoms with Crippen LogP contribution >= 0.6 is 0 Å². The first-order valence-corrected chi connectivity index (χ1v) is 9.65. The van der Waals surface area contributed by atoms with Crippen LogP contribution in [0.15, 0.2) is 48.5 Å². The lowest BCUT2D eigenvalue weighted by Gasteiger charge is -2.27. The minimum atomic E-state index is 0.286. The van der Waals surface area contributed by atoms with E-state index >= 15 is 0 Å². The molecule has 29 heavy (non-hydrogen) atoms. The summed E-state index contributed by atoms with van der Waals surface area (Å²) in [6.45, 7) is 0. The number of nitrogens with zero attached hydrogens (tertiary/aromatic N) is 2. The van der Waals surface area contributed by atoms with Crippen molar-refractivity contribution >= 4 is 5.82 Å². The normalized spacial score (nSPS) is 15.3. The molecule has 5 heteroatoms. The first kappa shape index (κ1) is 18.8. The van der Waals surface area contributed by atoms with Crippen molar-refractivity contribution in [2.75, 3.05) is 20.0 Å². The molecule has 0 amide bonds. The summed E-state index contributed by atoms with van der Waals surface area (Å²) in [4.78, 5) is 4.57. The molecule has 0 aliphatic heterocycles. The average Bonchev–Trinajstić information content (AvgIpc) is 2.78. The van der Waals surface area contributed by atoms with Gasteiger partial charge in [-0.05, 0) is 54.0 Å². The van der Waals surface area contributed by atoms with Gasteiger partial charge in [-0.15, -0.1) is 0 Å². The highest BCUT2D eigenvalue weighted by molar-refractivity contribution is 5.80. The van der Waals surface area contributed by atoms with Crippen molar-refractivity contribution in [2.24, 2.45) is 0 Å². The third kappa shape index (κ3) is 3.38. The molecule has 1 heterocycles. The molecular weight excluding hydrogens is 362 g/mol. The van der Waals surface area contributed by atoms with E-state index in [4.69, 9.17) is 15.2 Å². The fourth-order valence-corrected chi connectivity index (χ4v) is 4.21. The van der Waals surface area contributed by atoms with Crippen LogP contribution in [0.5, 0.6) is 11.5 Å². The Hall–Kier alpha value is -3.52.